The van der Waals surface area contributed by atoms with Gasteiger partial charge in [0.15, 0.2) is 9.84 Å². The van der Waals surface area contributed by atoms with Gasteiger partial charge in [0.05, 0.1) is 28.0 Å². The molecule has 5 aromatic rings. The largest absolute Gasteiger partial charge is 0.283 e. The predicted octanol–water partition coefficient (Wildman–Crippen LogP) is 4.14. The first-order valence-electron chi connectivity index (χ1n) is 10.1. The summed E-state index contributed by atoms with van der Waals surface area (Å²) >= 11 is 6.07. The zero-order valence-corrected chi connectivity index (χ0v) is 19.4. The van der Waals surface area contributed by atoms with Gasteiger partial charge in [-0.2, -0.15) is 5.10 Å². The molecule has 0 bridgehead atoms. The molecule has 0 unspecified atom stereocenters. The number of hydrogen-bond donors (Lipinski definition) is 0. The van der Waals surface area contributed by atoms with Crippen molar-refractivity contribution in [3.05, 3.63) is 88.1 Å². The van der Waals surface area contributed by atoms with Gasteiger partial charge in [-0.05, 0) is 48.0 Å². The van der Waals surface area contributed by atoms with Gasteiger partial charge in [0.25, 0.3) is 5.56 Å². The molecule has 9 heteroatoms. The molecule has 0 N–H and O–H groups in total. The van der Waals surface area contributed by atoms with Crippen molar-refractivity contribution >= 4 is 43.2 Å². The van der Waals surface area contributed by atoms with Crippen molar-refractivity contribution in [2.45, 2.75) is 5.75 Å². The second-order valence-electron chi connectivity index (χ2n) is 8.04. The molecule has 0 aliphatic carbocycles. The highest BCUT2D eigenvalue weighted by molar-refractivity contribution is 7.89. The minimum atomic E-state index is -3.28. The molecule has 5 rings (SSSR count). The van der Waals surface area contributed by atoms with Crippen LogP contribution in [-0.4, -0.2) is 34.0 Å². The summed E-state index contributed by atoms with van der Waals surface area (Å²) in [5, 5.41) is 6.56. The number of aryl methyl sites for hydroxylation is 1. The predicted molar refractivity (Wildman–Crippen MR) is 131 cm³/mol. The Morgan fingerprint density at radius 2 is 1.73 bits per heavy atom. The Hall–Kier alpha value is -3.49. The van der Waals surface area contributed by atoms with Crippen LogP contribution in [0.3, 0.4) is 0 Å². The van der Waals surface area contributed by atoms with E-state index in [1.807, 2.05) is 31.4 Å². The van der Waals surface area contributed by atoms with Crippen molar-refractivity contribution in [2.24, 2.45) is 7.05 Å². The molecule has 2 aromatic carbocycles. The van der Waals surface area contributed by atoms with E-state index in [1.54, 1.807) is 51.8 Å². The van der Waals surface area contributed by atoms with Gasteiger partial charge in [-0.1, -0.05) is 23.7 Å². The van der Waals surface area contributed by atoms with Gasteiger partial charge in [0.2, 0.25) is 0 Å². The first kappa shape index (κ1) is 21.4. The van der Waals surface area contributed by atoms with Gasteiger partial charge in [-0.25, -0.2) is 8.42 Å². The van der Waals surface area contributed by atoms with Crippen LogP contribution in [0.25, 0.3) is 38.6 Å². The summed E-state index contributed by atoms with van der Waals surface area (Å²) < 4.78 is 26.9. The molecule has 33 heavy (non-hydrogen) atoms. The van der Waals surface area contributed by atoms with Crippen LogP contribution < -0.4 is 5.56 Å². The highest BCUT2D eigenvalue weighted by atomic mass is 35.5. The van der Waals surface area contributed by atoms with Crippen LogP contribution in [0.4, 0.5) is 0 Å². The summed E-state index contributed by atoms with van der Waals surface area (Å²) in [4.78, 5) is 18.3. The molecule has 166 valence electrons. The third kappa shape index (κ3) is 4.15. The van der Waals surface area contributed by atoms with E-state index >= 15 is 0 Å². The molecule has 3 heterocycles. The zero-order valence-electron chi connectivity index (χ0n) is 17.9. The quantitative estimate of drug-likeness (QED) is 0.387. The maximum atomic E-state index is 13.8. The number of halogens is 1. The monoisotopic (exact) mass is 478 g/mol. The summed E-state index contributed by atoms with van der Waals surface area (Å²) in [5.41, 5.74) is 3.12. The van der Waals surface area contributed by atoms with Crippen LogP contribution in [-0.2, 0) is 22.6 Å². The van der Waals surface area contributed by atoms with Gasteiger partial charge in [0.1, 0.15) is 0 Å². The lowest BCUT2D eigenvalue weighted by Crippen LogP contribution is -2.20. The molecule has 0 aliphatic rings. The van der Waals surface area contributed by atoms with E-state index in [4.69, 9.17) is 11.6 Å². The lowest BCUT2D eigenvalue weighted by Gasteiger charge is -2.13. The number of rotatable bonds is 4. The Balaban J connectivity index is 1.80. The topological polar surface area (TPSA) is 86.9 Å². The third-order valence-electron chi connectivity index (χ3n) is 5.35. The Bertz CT molecular complexity index is 1700. The summed E-state index contributed by atoms with van der Waals surface area (Å²) in [6, 6.07) is 16.0. The molecule has 0 aliphatic heterocycles. The summed E-state index contributed by atoms with van der Waals surface area (Å²) in [7, 11) is -1.43. The minimum Gasteiger partial charge on any atom is -0.283 e. The summed E-state index contributed by atoms with van der Waals surface area (Å²) in [6.45, 7) is 0. The van der Waals surface area contributed by atoms with Crippen LogP contribution >= 0.6 is 11.6 Å². The van der Waals surface area contributed by atoms with Crippen molar-refractivity contribution in [3.63, 3.8) is 0 Å². The Labute approximate surface area is 194 Å². The average molecular weight is 479 g/mol. The van der Waals surface area contributed by atoms with Gasteiger partial charge >= 0.3 is 0 Å². The van der Waals surface area contributed by atoms with Crippen molar-refractivity contribution in [3.8, 4) is 16.8 Å². The lowest BCUT2D eigenvalue weighted by atomic mass is 10.0. The standard InChI is InChI=1S/C24H19ClN4O3S/c1-28-12-17-11-20(9-10-21(17)27-28)29-13-16-5-8-19(14-33(2,31)32)26-23(16)22(24(29)30)15-3-6-18(25)7-4-15/h3-13H,14H2,1-2H3. The van der Waals surface area contributed by atoms with E-state index in [-0.39, 0.29) is 11.3 Å². The zero-order chi connectivity index (χ0) is 23.3. The fourth-order valence-electron chi connectivity index (χ4n) is 3.94. The van der Waals surface area contributed by atoms with Crippen LogP contribution in [0.15, 0.2) is 71.8 Å². The number of benzene rings is 2. The molecule has 0 spiro atoms. The average Bonchev–Trinajstić information content (AvgIpc) is 3.12. The van der Waals surface area contributed by atoms with Crippen LogP contribution in [0.1, 0.15) is 5.69 Å². The second kappa shape index (κ2) is 7.83. The smallest absolute Gasteiger partial charge is 0.265 e. The van der Waals surface area contributed by atoms with E-state index in [2.05, 4.69) is 10.1 Å². The van der Waals surface area contributed by atoms with E-state index in [9.17, 15) is 13.2 Å². The van der Waals surface area contributed by atoms with Crippen molar-refractivity contribution in [1.82, 2.24) is 19.3 Å². The lowest BCUT2D eigenvalue weighted by molar-refractivity contribution is 0.600. The van der Waals surface area contributed by atoms with E-state index in [1.165, 1.54) is 0 Å². The first-order valence-corrected chi connectivity index (χ1v) is 12.5. The van der Waals surface area contributed by atoms with Gasteiger partial charge in [-0.3, -0.25) is 19.0 Å². The molecule has 3 aromatic heterocycles. The van der Waals surface area contributed by atoms with E-state index < -0.39 is 9.84 Å². The minimum absolute atomic E-state index is 0.205. The highest BCUT2D eigenvalue weighted by Crippen LogP contribution is 2.27. The Kier molecular flexibility index (Phi) is 5.07. The normalized spacial score (nSPS) is 12.0. The number of hydrogen-bond acceptors (Lipinski definition) is 5. The molecular weight excluding hydrogens is 460 g/mol. The Morgan fingerprint density at radius 3 is 2.45 bits per heavy atom. The van der Waals surface area contributed by atoms with Crippen LogP contribution in [0.2, 0.25) is 5.02 Å². The van der Waals surface area contributed by atoms with Crippen LogP contribution in [0.5, 0.6) is 0 Å². The second-order valence-corrected chi connectivity index (χ2v) is 10.6. The van der Waals surface area contributed by atoms with Crippen molar-refractivity contribution < 1.29 is 8.42 Å². The third-order valence-corrected chi connectivity index (χ3v) is 6.42. The van der Waals surface area contributed by atoms with Gasteiger partial charge in [0, 0.05) is 47.2 Å². The molecule has 0 fully saturated rings. The summed E-state index contributed by atoms with van der Waals surface area (Å²) in [6.07, 6.45) is 4.78. The molecule has 7 nitrogen and oxygen atoms in total. The Morgan fingerprint density at radius 1 is 0.970 bits per heavy atom. The first-order chi connectivity index (χ1) is 15.7. The number of pyridine rings is 2. The number of fused-ring (bicyclic) bond motifs is 2. The SMILES string of the molecule is Cn1cc2cc(-n3cc4ccc(CS(C)(=O)=O)nc4c(-c4ccc(Cl)cc4)c3=O)ccc2n1. The van der Waals surface area contributed by atoms with Crippen LogP contribution in [0, 0.1) is 0 Å². The molecule has 0 saturated carbocycles. The summed E-state index contributed by atoms with van der Waals surface area (Å²) in [5.74, 6) is -0.205. The number of nitrogens with zero attached hydrogens (tertiary/aromatic N) is 4. The number of sulfone groups is 1. The van der Waals surface area contributed by atoms with E-state index in [0.717, 1.165) is 17.2 Å². The molecule has 0 amide bonds. The van der Waals surface area contributed by atoms with Crippen molar-refractivity contribution in [1.29, 1.82) is 0 Å². The molecule has 0 radical (unpaired) electrons. The van der Waals surface area contributed by atoms with E-state index in [0.29, 0.717) is 38.4 Å². The van der Waals surface area contributed by atoms with Crippen molar-refractivity contribution in [2.75, 3.05) is 6.26 Å². The van der Waals surface area contributed by atoms with Gasteiger partial charge in [-0.15, -0.1) is 0 Å². The van der Waals surface area contributed by atoms with Gasteiger partial charge < -0.3 is 0 Å². The maximum absolute atomic E-state index is 13.8. The maximum Gasteiger partial charge on any atom is 0.265 e. The molecule has 0 saturated heterocycles. The molecular formula is C24H19ClN4O3S. The number of aromatic nitrogens is 4. The fraction of sp³-hybridized carbons (Fsp3) is 0.125. The fourth-order valence-corrected chi connectivity index (χ4v) is 4.76. The molecule has 0 atom stereocenters. The highest BCUT2D eigenvalue weighted by Gasteiger charge is 2.17.